The summed E-state index contributed by atoms with van der Waals surface area (Å²) in [5, 5.41) is 11.6. The number of aliphatic carboxylic acids is 1. The van der Waals surface area contributed by atoms with Crippen molar-refractivity contribution in [1.82, 2.24) is 5.32 Å². The number of carbonyl (C=O) groups is 2. The molecule has 4 nitrogen and oxygen atoms in total. The third kappa shape index (κ3) is 5.03. The second-order valence-electron chi connectivity index (χ2n) is 5.41. The van der Waals surface area contributed by atoms with E-state index in [1.54, 1.807) is 0 Å². The Morgan fingerprint density at radius 1 is 1.20 bits per heavy atom. The van der Waals surface area contributed by atoms with Gasteiger partial charge < -0.3 is 10.4 Å². The fourth-order valence-electron chi connectivity index (χ4n) is 2.59. The van der Waals surface area contributed by atoms with Crippen LogP contribution >= 0.6 is 0 Å². The van der Waals surface area contributed by atoms with Crippen molar-refractivity contribution in [3.05, 3.63) is 34.4 Å². The van der Waals surface area contributed by atoms with Gasteiger partial charge in [-0.2, -0.15) is 0 Å². The Morgan fingerprint density at radius 2 is 1.75 bits per heavy atom. The minimum Gasteiger partial charge on any atom is -0.481 e. The number of amides is 1. The smallest absolute Gasteiger partial charge is 0.303 e. The maximum atomic E-state index is 11.3. The van der Waals surface area contributed by atoms with Crippen molar-refractivity contribution in [2.45, 2.75) is 53.0 Å². The number of benzene rings is 1. The molecule has 0 saturated carbocycles. The summed E-state index contributed by atoms with van der Waals surface area (Å²) in [7, 11) is 0. The molecular weight excluding hydrogens is 254 g/mol. The van der Waals surface area contributed by atoms with E-state index in [1.807, 2.05) is 0 Å². The molecule has 1 atom stereocenters. The maximum Gasteiger partial charge on any atom is 0.303 e. The number of carbonyl (C=O) groups excluding carboxylic acids is 1. The third-order valence-corrected chi connectivity index (χ3v) is 3.40. The normalized spacial score (nSPS) is 12.0. The van der Waals surface area contributed by atoms with E-state index in [0.717, 1.165) is 0 Å². The molecule has 0 fully saturated rings. The zero-order valence-corrected chi connectivity index (χ0v) is 12.6. The van der Waals surface area contributed by atoms with Crippen LogP contribution in [0.4, 0.5) is 0 Å². The SMILES string of the molecule is CC(=O)NC(CCC(=O)O)Cc1c(C)cc(C)cc1C. The fraction of sp³-hybridized carbons (Fsp3) is 0.500. The summed E-state index contributed by atoms with van der Waals surface area (Å²) in [5.41, 5.74) is 4.78. The molecule has 0 heterocycles. The van der Waals surface area contributed by atoms with Gasteiger partial charge in [0.1, 0.15) is 0 Å². The molecule has 1 unspecified atom stereocenters. The van der Waals surface area contributed by atoms with Crippen LogP contribution in [-0.2, 0) is 16.0 Å². The molecule has 0 aliphatic rings. The molecule has 0 radical (unpaired) electrons. The number of hydrogen-bond acceptors (Lipinski definition) is 2. The van der Waals surface area contributed by atoms with Gasteiger partial charge in [-0.3, -0.25) is 9.59 Å². The predicted octanol–water partition coefficient (Wildman–Crippen LogP) is 2.52. The monoisotopic (exact) mass is 277 g/mol. The van der Waals surface area contributed by atoms with Crippen molar-refractivity contribution in [3.63, 3.8) is 0 Å². The van der Waals surface area contributed by atoms with Crippen LogP contribution in [0.15, 0.2) is 12.1 Å². The van der Waals surface area contributed by atoms with E-state index in [-0.39, 0.29) is 18.4 Å². The molecule has 1 aromatic rings. The highest BCUT2D eigenvalue weighted by atomic mass is 16.4. The van der Waals surface area contributed by atoms with Crippen LogP contribution in [0.3, 0.4) is 0 Å². The third-order valence-electron chi connectivity index (χ3n) is 3.40. The van der Waals surface area contributed by atoms with Gasteiger partial charge in [-0.1, -0.05) is 17.7 Å². The first-order chi connectivity index (χ1) is 9.29. The Bertz CT molecular complexity index is 485. The zero-order chi connectivity index (χ0) is 15.3. The summed E-state index contributed by atoms with van der Waals surface area (Å²) in [6.07, 6.45) is 1.18. The number of carboxylic acid groups (broad SMARTS) is 1. The first-order valence-corrected chi connectivity index (χ1v) is 6.85. The lowest BCUT2D eigenvalue weighted by Crippen LogP contribution is -2.35. The lowest BCUT2D eigenvalue weighted by atomic mass is 9.93. The van der Waals surface area contributed by atoms with E-state index in [4.69, 9.17) is 5.11 Å². The van der Waals surface area contributed by atoms with Crippen LogP contribution in [0.25, 0.3) is 0 Å². The second-order valence-corrected chi connectivity index (χ2v) is 5.41. The van der Waals surface area contributed by atoms with Crippen molar-refractivity contribution >= 4 is 11.9 Å². The molecule has 0 aromatic heterocycles. The Hall–Kier alpha value is -1.84. The van der Waals surface area contributed by atoms with Crippen LogP contribution in [-0.4, -0.2) is 23.0 Å². The van der Waals surface area contributed by atoms with Gasteiger partial charge in [0.05, 0.1) is 0 Å². The molecule has 0 aliphatic carbocycles. The standard InChI is InChI=1S/C16H23NO3/c1-10-7-11(2)15(12(3)8-10)9-14(17-13(4)18)5-6-16(19)20/h7-8,14H,5-6,9H2,1-4H3,(H,17,18)(H,19,20). The quantitative estimate of drug-likeness (QED) is 0.839. The number of hydrogen-bond donors (Lipinski definition) is 2. The van der Waals surface area contributed by atoms with Gasteiger partial charge in [-0.25, -0.2) is 0 Å². The van der Waals surface area contributed by atoms with Gasteiger partial charge in [0, 0.05) is 19.4 Å². The maximum absolute atomic E-state index is 11.3. The van der Waals surface area contributed by atoms with Gasteiger partial charge in [-0.15, -0.1) is 0 Å². The molecule has 4 heteroatoms. The fourth-order valence-corrected chi connectivity index (χ4v) is 2.59. The summed E-state index contributed by atoms with van der Waals surface area (Å²) in [4.78, 5) is 22.0. The van der Waals surface area contributed by atoms with Crippen LogP contribution in [0.5, 0.6) is 0 Å². The molecule has 20 heavy (non-hydrogen) atoms. The van der Waals surface area contributed by atoms with Gasteiger partial charge in [-0.05, 0) is 50.3 Å². The Kier molecular flexibility index (Phi) is 5.74. The molecule has 1 rings (SSSR count). The van der Waals surface area contributed by atoms with Crippen LogP contribution in [0.2, 0.25) is 0 Å². The second kappa shape index (κ2) is 7.08. The summed E-state index contributed by atoms with van der Waals surface area (Å²) in [6, 6.07) is 4.10. The van der Waals surface area contributed by atoms with E-state index in [9.17, 15) is 9.59 Å². The van der Waals surface area contributed by atoms with E-state index < -0.39 is 5.97 Å². The topological polar surface area (TPSA) is 66.4 Å². The highest BCUT2D eigenvalue weighted by molar-refractivity contribution is 5.73. The highest BCUT2D eigenvalue weighted by Gasteiger charge is 2.15. The molecule has 0 bridgehead atoms. The Labute approximate surface area is 120 Å². The van der Waals surface area contributed by atoms with Crippen molar-refractivity contribution in [2.24, 2.45) is 0 Å². The lowest BCUT2D eigenvalue weighted by Gasteiger charge is -2.20. The summed E-state index contributed by atoms with van der Waals surface area (Å²) >= 11 is 0. The van der Waals surface area contributed by atoms with Gasteiger partial charge in [0.15, 0.2) is 0 Å². The van der Waals surface area contributed by atoms with Crippen LogP contribution < -0.4 is 5.32 Å². The van der Waals surface area contributed by atoms with Crippen molar-refractivity contribution in [2.75, 3.05) is 0 Å². The average molecular weight is 277 g/mol. The molecule has 1 amide bonds. The van der Waals surface area contributed by atoms with E-state index in [1.165, 1.54) is 29.2 Å². The molecule has 2 N–H and O–H groups in total. The van der Waals surface area contributed by atoms with Crippen molar-refractivity contribution in [3.8, 4) is 0 Å². The molecule has 110 valence electrons. The van der Waals surface area contributed by atoms with Crippen LogP contribution in [0.1, 0.15) is 42.0 Å². The largest absolute Gasteiger partial charge is 0.481 e. The molecule has 0 saturated heterocycles. The van der Waals surface area contributed by atoms with Crippen molar-refractivity contribution in [1.29, 1.82) is 0 Å². The van der Waals surface area contributed by atoms with Crippen molar-refractivity contribution < 1.29 is 14.7 Å². The Balaban J connectivity index is 2.88. The predicted molar refractivity (Wildman–Crippen MR) is 78.8 cm³/mol. The number of nitrogens with one attached hydrogen (secondary N) is 1. The number of aryl methyl sites for hydroxylation is 3. The highest BCUT2D eigenvalue weighted by Crippen LogP contribution is 2.19. The van der Waals surface area contributed by atoms with Gasteiger partial charge in [0.25, 0.3) is 0 Å². The summed E-state index contributed by atoms with van der Waals surface area (Å²) in [5.74, 6) is -0.958. The number of carboxylic acids is 1. The molecule has 0 spiro atoms. The summed E-state index contributed by atoms with van der Waals surface area (Å²) < 4.78 is 0. The van der Waals surface area contributed by atoms with Gasteiger partial charge >= 0.3 is 5.97 Å². The van der Waals surface area contributed by atoms with E-state index in [2.05, 4.69) is 38.2 Å². The molecule has 0 aliphatic heterocycles. The first-order valence-electron chi connectivity index (χ1n) is 6.85. The van der Waals surface area contributed by atoms with E-state index in [0.29, 0.717) is 12.8 Å². The minimum atomic E-state index is -0.835. The lowest BCUT2D eigenvalue weighted by molar-refractivity contribution is -0.137. The molecule has 1 aromatic carbocycles. The van der Waals surface area contributed by atoms with Crippen LogP contribution in [0, 0.1) is 20.8 Å². The Morgan fingerprint density at radius 3 is 2.20 bits per heavy atom. The zero-order valence-electron chi connectivity index (χ0n) is 12.6. The summed E-state index contributed by atoms with van der Waals surface area (Å²) in [6.45, 7) is 7.62. The van der Waals surface area contributed by atoms with Gasteiger partial charge in [0.2, 0.25) is 5.91 Å². The van der Waals surface area contributed by atoms with E-state index >= 15 is 0 Å². The average Bonchev–Trinajstić information content (AvgIpc) is 2.29. The minimum absolute atomic E-state index is 0.0644. The number of rotatable bonds is 6. The first kappa shape index (κ1) is 16.2. The molecular formula is C16H23NO3.